The SMILES string of the molecule is CO[C@@H](C)c1cccc(Br)c1. The first-order valence-electron chi connectivity index (χ1n) is 3.52. The van der Waals surface area contributed by atoms with Gasteiger partial charge >= 0.3 is 0 Å². The predicted octanol–water partition coefficient (Wildman–Crippen LogP) is 3.16. The van der Waals surface area contributed by atoms with Gasteiger partial charge in [-0.1, -0.05) is 28.1 Å². The zero-order valence-corrected chi connectivity index (χ0v) is 8.26. The van der Waals surface area contributed by atoms with E-state index in [9.17, 15) is 0 Å². The highest BCUT2D eigenvalue weighted by molar-refractivity contribution is 9.10. The first-order chi connectivity index (χ1) is 5.24. The molecule has 0 fully saturated rings. The lowest BCUT2D eigenvalue weighted by Gasteiger charge is -2.09. The van der Waals surface area contributed by atoms with Crippen LogP contribution in [0.25, 0.3) is 0 Å². The van der Waals surface area contributed by atoms with Crippen molar-refractivity contribution in [3.63, 3.8) is 0 Å². The van der Waals surface area contributed by atoms with E-state index in [-0.39, 0.29) is 6.10 Å². The Hall–Kier alpha value is -0.340. The van der Waals surface area contributed by atoms with Gasteiger partial charge in [-0.05, 0) is 24.6 Å². The van der Waals surface area contributed by atoms with Crippen molar-refractivity contribution in [1.82, 2.24) is 0 Å². The summed E-state index contributed by atoms with van der Waals surface area (Å²) < 4.78 is 6.27. The van der Waals surface area contributed by atoms with Gasteiger partial charge in [0.15, 0.2) is 0 Å². The van der Waals surface area contributed by atoms with Crippen molar-refractivity contribution in [3.05, 3.63) is 34.3 Å². The quantitative estimate of drug-likeness (QED) is 0.736. The summed E-state index contributed by atoms with van der Waals surface area (Å²) in [5, 5.41) is 0. The Labute approximate surface area is 75.5 Å². The minimum Gasteiger partial charge on any atom is -0.377 e. The maximum atomic E-state index is 5.17. The van der Waals surface area contributed by atoms with Crippen LogP contribution in [0.15, 0.2) is 28.7 Å². The van der Waals surface area contributed by atoms with Gasteiger partial charge in [-0.25, -0.2) is 0 Å². The van der Waals surface area contributed by atoms with E-state index in [0.29, 0.717) is 0 Å². The zero-order chi connectivity index (χ0) is 8.27. The molecule has 0 aliphatic heterocycles. The molecular weight excluding hydrogens is 204 g/mol. The van der Waals surface area contributed by atoms with E-state index in [1.807, 2.05) is 19.1 Å². The number of ether oxygens (including phenoxy) is 1. The summed E-state index contributed by atoms with van der Waals surface area (Å²) in [7, 11) is 1.71. The minimum absolute atomic E-state index is 0.174. The molecule has 0 heterocycles. The van der Waals surface area contributed by atoms with Crippen LogP contribution < -0.4 is 0 Å². The normalized spacial score (nSPS) is 13.0. The second kappa shape index (κ2) is 3.88. The third-order valence-corrected chi connectivity index (χ3v) is 2.16. The van der Waals surface area contributed by atoms with Crippen molar-refractivity contribution < 1.29 is 4.74 Å². The largest absolute Gasteiger partial charge is 0.377 e. The van der Waals surface area contributed by atoms with Crippen molar-refractivity contribution in [2.75, 3.05) is 7.11 Å². The molecule has 0 saturated heterocycles. The van der Waals surface area contributed by atoms with Crippen LogP contribution in [0.2, 0.25) is 0 Å². The van der Waals surface area contributed by atoms with Crippen LogP contribution in [0.5, 0.6) is 0 Å². The van der Waals surface area contributed by atoms with E-state index >= 15 is 0 Å². The molecule has 0 radical (unpaired) electrons. The first kappa shape index (κ1) is 8.75. The topological polar surface area (TPSA) is 9.23 Å². The smallest absolute Gasteiger partial charge is 0.0793 e. The Bertz CT molecular complexity index is 235. The van der Waals surface area contributed by atoms with Crippen molar-refractivity contribution in [2.45, 2.75) is 13.0 Å². The summed E-state index contributed by atoms with van der Waals surface area (Å²) in [5.41, 5.74) is 1.20. The standard InChI is InChI=1S/C9H11BrO/c1-7(11-2)8-4-3-5-9(10)6-8/h3-7H,1-2H3/t7-/m0/s1. The van der Waals surface area contributed by atoms with Crippen LogP contribution in [-0.2, 0) is 4.74 Å². The zero-order valence-electron chi connectivity index (χ0n) is 6.67. The third kappa shape index (κ3) is 2.31. The molecule has 0 aromatic heterocycles. The minimum atomic E-state index is 0.174. The molecule has 1 aromatic carbocycles. The fraction of sp³-hybridized carbons (Fsp3) is 0.333. The fourth-order valence-electron chi connectivity index (χ4n) is 0.896. The first-order valence-corrected chi connectivity index (χ1v) is 4.31. The molecule has 0 aliphatic rings. The molecule has 1 nitrogen and oxygen atoms in total. The Morgan fingerprint density at radius 1 is 1.45 bits per heavy atom. The Morgan fingerprint density at radius 2 is 2.18 bits per heavy atom. The van der Waals surface area contributed by atoms with Crippen LogP contribution in [0.1, 0.15) is 18.6 Å². The van der Waals surface area contributed by atoms with Crippen molar-refractivity contribution in [3.8, 4) is 0 Å². The molecule has 11 heavy (non-hydrogen) atoms. The van der Waals surface area contributed by atoms with Crippen LogP contribution >= 0.6 is 15.9 Å². The average molecular weight is 215 g/mol. The Balaban J connectivity index is 2.86. The summed E-state index contributed by atoms with van der Waals surface area (Å²) in [6.45, 7) is 2.03. The lowest BCUT2D eigenvalue weighted by molar-refractivity contribution is 0.119. The van der Waals surface area contributed by atoms with Gasteiger partial charge in [0.2, 0.25) is 0 Å². The summed E-state index contributed by atoms with van der Waals surface area (Å²) in [5.74, 6) is 0. The van der Waals surface area contributed by atoms with Crippen LogP contribution in [-0.4, -0.2) is 7.11 Å². The number of methoxy groups -OCH3 is 1. The number of hydrogen-bond donors (Lipinski definition) is 0. The van der Waals surface area contributed by atoms with Gasteiger partial charge < -0.3 is 4.74 Å². The van der Waals surface area contributed by atoms with E-state index in [0.717, 1.165) is 4.47 Å². The fourth-order valence-corrected chi connectivity index (χ4v) is 1.31. The lowest BCUT2D eigenvalue weighted by Crippen LogP contribution is -1.94. The molecular formula is C9H11BrO. The van der Waals surface area contributed by atoms with E-state index < -0.39 is 0 Å². The molecule has 0 N–H and O–H groups in total. The molecule has 0 saturated carbocycles. The van der Waals surface area contributed by atoms with Gasteiger partial charge in [-0.3, -0.25) is 0 Å². The molecule has 60 valence electrons. The van der Waals surface area contributed by atoms with Crippen molar-refractivity contribution in [2.24, 2.45) is 0 Å². The molecule has 0 bridgehead atoms. The number of rotatable bonds is 2. The maximum Gasteiger partial charge on any atom is 0.0793 e. The molecule has 1 aromatic rings. The second-order valence-electron chi connectivity index (χ2n) is 2.43. The highest BCUT2D eigenvalue weighted by Crippen LogP contribution is 2.19. The van der Waals surface area contributed by atoms with Gasteiger partial charge in [0, 0.05) is 11.6 Å². The van der Waals surface area contributed by atoms with Crippen LogP contribution in [0.3, 0.4) is 0 Å². The summed E-state index contributed by atoms with van der Waals surface area (Å²) >= 11 is 3.40. The van der Waals surface area contributed by atoms with Crippen molar-refractivity contribution >= 4 is 15.9 Å². The van der Waals surface area contributed by atoms with E-state index in [2.05, 4.69) is 28.1 Å². The van der Waals surface area contributed by atoms with E-state index in [1.165, 1.54) is 5.56 Å². The predicted molar refractivity (Wildman–Crippen MR) is 49.6 cm³/mol. The number of halogens is 1. The monoisotopic (exact) mass is 214 g/mol. The van der Waals surface area contributed by atoms with Crippen LogP contribution in [0.4, 0.5) is 0 Å². The van der Waals surface area contributed by atoms with E-state index in [1.54, 1.807) is 7.11 Å². The Morgan fingerprint density at radius 3 is 2.73 bits per heavy atom. The summed E-state index contributed by atoms with van der Waals surface area (Å²) in [6.07, 6.45) is 0.174. The lowest BCUT2D eigenvalue weighted by atomic mass is 10.1. The van der Waals surface area contributed by atoms with Gasteiger partial charge in [0.05, 0.1) is 6.10 Å². The molecule has 0 aliphatic carbocycles. The van der Waals surface area contributed by atoms with Crippen molar-refractivity contribution in [1.29, 1.82) is 0 Å². The second-order valence-corrected chi connectivity index (χ2v) is 3.35. The molecule has 1 rings (SSSR count). The summed E-state index contributed by atoms with van der Waals surface area (Å²) in [6, 6.07) is 8.13. The summed E-state index contributed by atoms with van der Waals surface area (Å²) in [4.78, 5) is 0. The van der Waals surface area contributed by atoms with Gasteiger partial charge in [0.25, 0.3) is 0 Å². The van der Waals surface area contributed by atoms with Gasteiger partial charge in [0.1, 0.15) is 0 Å². The van der Waals surface area contributed by atoms with E-state index in [4.69, 9.17) is 4.74 Å². The molecule has 0 amide bonds. The maximum absolute atomic E-state index is 5.17. The van der Waals surface area contributed by atoms with Crippen LogP contribution in [0, 0.1) is 0 Å². The molecule has 1 atom stereocenters. The molecule has 0 spiro atoms. The Kier molecular flexibility index (Phi) is 3.09. The average Bonchev–Trinajstić information content (AvgIpc) is 2.03. The van der Waals surface area contributed by atoms with Gasteiger partial charge in [-0.15, -0.1) is 0 Å². The molecule has 0 unspecified atom stereocenters. The van der Waals surface area contributed by atoms with Gasteiger partial charge in [-0.2, -0.15) is 0 Å². The molecule has 2 heteroatoms. The highest BCUT2D eigenvalue weighted by Gasteiger charge is 2.01. The number of benzene rings is 1. The third-order valence-electron chi connectivity index (χ3n) is 1.67. The number of hydrogen-bond acceptors (Lipinski definition) is 1. The highest BCUT2D eigenvalue weighted by atomic mass is 79.9.